The van der Waals surface area contributed by atoms with E-state index in [0.717, 1.165) is 71.7 Å². The summed E-state index contributed by atoms with van der Waals surface area (Å²) >= 11 is 0. The number of rotatable bonds is 12. The number of amides is 1. The largest absolute Gasteiger partial charge is 0.481 e. The molecule has 0 saturated carbocycles. The van der Waals surface area contributed by atoms with E-state index in [1.165, 1.54) is 0 Å². The van der Waals surface area contributed by atoms with Crippen molar-refractivity contribution in [2.45, 2.75) is 50.6 Å². The van der Waals surface area contributed by atoms with Gasteiger partial charge in [-0.05, 0) is 52.0 Å². The van der Waals surface area contributed by atoms with Crippen LogP contribution in [0.15, 0.2) is 0 Å². The fourth-order valence-electron chi connectivity index (χ4n) is 3.66. The third-order valence-corrected chi connectivity index (χ3v) is 5.52. The van der Waals surface area contributed by atoms with Crippen molar-refractivity contribution in [1.82, 2.24) is 37.2 Å². The molecule has 1 amide bonds. The Labute approximate surface area is 199 Å². The molecule has 1 unspecified atom stereocenters. The lowest BCUT2D eigenvalue weighted by Gasteiger charge is -2.31. The summed E-state index contributed by atoms with van der Waals surface area (Å²) in [5.41, 5.74) is 6.33. The van der Waals surface area contributed by atoms with Gasteiger partial charge >= 0.3 is 5.97 Å². The van der Waals surface area contributed by atoms with Crippen LogP contribution in [0.25, 0.3) is 0 Å². The van der Waals surface area contributed by atoms with Crippen LogP contribution in [0.1, 0.15) is 39.0 Å². The highest BCUT2D eigenvalue weighted by molar-refractivity contribution is 5.77. The predicted molar refractivity (Wildman–Crippen MR) is 132 cm³/mol. The quantitative estimate of drug-likeness (QED) is 0.142. The molecule has 10 N–H and O–H groups in total. The molecular weight excluding hydrogens is 424 g/mol. The topological polar surface area (TPSA) is 165 Å². The van der Waals surface area contributed by atoms with Crippen LogP contribution in [0.3, 0.4) is 0 Å². The molecule has 0 bridgehead atoms. The van der Waals surface area contributed by atoms with E-state index in [9.17, 15) is 9.59 Å². The van der Waals surface area contributed by atoms with Gasteiger partial charge in [-0.3, -0.25) is 9.59 Å². The van der Waals surface area contributed by atoms with E-state index < -0.39 is 5.97 Å². The molecule has 0 aromatic rings. The Morgan fingerprint density at radius 1 is 0.939 bits per heavy atom. The minimum Gasteiger partial charge on any atom is -0.481 e. The van der Waals surface area contributed by atoms with Crippen molar-refractivity contribution in [3.63, 3.8) is 0 Å². The molecule has 0 aromatic heterocycles. The summed E-state index contributed by atoms with van der Waals surface area (Å²) in [4.78, 5) is 22.8. The molecule has 0 spiro atoms. The smallest absolute Gasteiger partial charge is 0.303 e. The lowest BCUT2D eigenvalue weighted by molar-refractivity contribution is -0.137. The first kappa shape index (κ1) is 29.7. The van der Waals surface area contributed by atoms with Gasteiger partial charge in [-0.1, -0.05) is 6.92 Å². The molecule has 1 aliphatic rings. The second-order valence-corrected chi connectivity index (χ2v) is 8.87. The normalized spacial score (nSPS) is 23.9. The minimum absolute atomic E-state index is 0.0154. The maximum atomic E-state index is 12.1. The van der Waals surface area contributed by atoms with Crippen LogP contribution in [0.4, 0.5) is 0 Å². The Hall–Kier alpha value is -1.34. The van der Waals surface area contributed by atoms with Crippen LogP contribution < -0.4 is 43.0 Å². The first-order chi connectivity index (χ1) is 15.9. The molecule has 194 valence electrons. The molecule has 1 rings (SSSR count). The van der Waals surface area contributed by atoms with E-state index in [0.29, 0.717) is 26.1 Å². The first-order valence-corrected chi connectivity index (χ1v) is 12.5. The highest BCUT2D eigenvalue weighted by Gasteiger charge is 2.24. The molecule has 11 heteroatoms. The number of nitrogens with two attached hydrogens (primary N) is 1. The summed E-state index contributed by atoms with van der Waals surface area (Å²) in [5, 5.41) is 32.3. The lowest BCUT2D eigenvalue weighted by atomic mass is 10.0. The Morgan fingerprint density at radius 3 is 2.30 bits per heavy atom. The second kappa shape index (κ2) is 19.0. The summed E-state index contributed by atoms with van der Waals surface area (Å²) in [5.74, 6) is -0.976. The first-order valence-electron chi connectivity index (χ1n) is 12.5. The van der Waals surface area contributed by atoms with Crippen LogP contribution in [-0.4, -0.2) is 107 Å². The summed E-state index contributed by atoms with van der Waals surface area (Å²) < 4.78 is 0. The molecule has 0 aliphatic carbocycles. The van der Waals surface area contributed by atoms with Crippen molar-refractivity contribution >= 4 is 11.9 Å². The fourth-order valence-corrected chi connectivity index (χ4v) is 3.66. The van der Waals surface area contributed by atoms with Crippen molar-refractivity contribution < 1.29 is 14.7 Å². The average Bonchev–Trinajstić information content (AvgIpc) is 2.77. The Morgan fingerprint density at radius 2 is 1.58 bits per heavy atom. The molecule has 1 aliphatic heterocycles. The van der Waals surface area contributed by atoms with Crippen LogP contribution in [0, 0.1) is 0 Å². The maximum absolute atomic E-state index is 12.1. The molecule has 0 aromatic carbocycles. The van der Waals surface area contributed by atoms with Gasteiger partial charge in [0, 0.05) is 58.7 Å². The molecule has 1 fully saturated rings. The summed E-state index contributed by atoms with van der Waals surface area (Å²) in [6.07, 6.45) is 2.65. The van der Waals surface area contributed by atoms with Gasteiger partial charge < -0.3 is 48.1 Å². The zero-order chi connectivity index (χ0) is 24.2. The summed E-state index contributed by atoms with van der Waals surface area (Å²) in [6, 6.07) is -0.0413. The van der Waals surface area contributed by atoms with Gasteiger partial charge in [0.05, 0.1) is 11.6 Å². The van der Waals surface area contributed by atoms with Crippen molar-refractivity contribution in [1.29, 1.82) is 0 Å². The van der Waals surface area contributed by atoms with Gasteiger partial charge in [0.25, 0.3) is 0 Å². The predicted octanol–water partition coefficient (Wildman–Crippen LogP) is -2.23. The molecule has 33 heavy (non-hydrogen) atoms. The number of hydrogen-bond acceptors (Lipinski definition) is 9. The second-order valence-electron chi connectivity index (χ2n) is 8.87. The summed E-state index contributed by atoms with van der Waals surface area (Å²) in [7, 11) is 0. The Balaban J connectivity index is 2.40. The third-order valence-electron chi connectivity index (χ3n) is 5.52. The molecule has 0 radical (unpaired) electrons. The van der Waals surface area contributed by atoms with Gasteiger partial charge in [-0.25, -0.2) is 0 Å². The van der Waals surface area contributed by atoms with Crippen molar-refractivity contribution in [2.75, 3.05) is 78.5 Å². The SMILES string of the molecule is CCNCCCNC[C@@]1(N)CNCCCNCC(NC(=O)CCCC(=O)O)CNCCNC1. The van der Waals surface area contributed by atoms with Crippen molar-refractivity contribution in [3.8, 4) is 0 Å². The van der Waals surface area contributed by atoms with Gasteiger partial charge in [-0.15, -0.1) is 0 Å². The molecule has 1 saturated heterocycles. The molecular formula is C22H48N8O3. The van der Waals surface area contributed by atoms with Gasteiger partial charge in [-0.2, -0.15) is 0 Å². The number of carbonyl (C=O) groups excluding carboxylic acids is 1. The average molecular weight is 473 g/mol. The zero-order valence-corrected chi connectivity index (χ0v) is 20.4. The van der Waals surface area contributed by atoms with E-state index in [2.05, 4.69) is 44.1 Å². The van der Waals surface area contributed by atoms with Gasteiger partial charge in [0.1, 0.15) is 0 Å². The van der Waals surface area contributed by atoms with Crippen molar-refractivity contribution in [2.24, 2.45) is 5.73 Å². The number of hydrogen-bond donors (Lipinski definition) is 9. The molecule has 1 heterocycles. The van der Waals surface area contributed by atoms with Crippen molar-refractivity contribution in [3.05, 3.63) is 0 Å². The van der Waals surface area contributed by atoms with Gasteiger partial charge in [0.2, 0.25) is 5.91 Å². The number of nitrogens with one attached hydrogen (secondary N) is 7. The Bertz CT molecular complexity index is 526. The van der Waals surface area contributed by atoms with Crippen LogP contribution >= 0.6 is 0 Å². The zero-order valence-electron chi connectivity index (χ0n) is 20.4. The van der Waals surface area contributed by atoms with Crippen LogP contribution in [-0.2, 0) is 9.59 Å². The lowest BCUT2D eigenvalue weighted by Crippen LogP contribution is -2.61. The third kappa shape index (κ3) is 16.9. The van der Waals surface area contributed by atoms with E-state index >= 15 is 0 Å². The van der Waals surface area contributed by atoms with Gasteiger partial charge in [0.15, 0.2) is 0 Å². The number of carbonyl (C=O) groups is 2. The van der Waals surface area contributed by atoms with Crippen LogP contribution in [0.5, 0.6) is 0 Å². The van der Waals surface area contributed by atoms with E-state index in [4.69, 9.17) is 10.8 Å². The Kier molecular flexibility index (Phi) is 17.1. The maximum Gasteiger partial charge on any atom is 0.303 e. The highest BCUT2D eigenvalue weighted by atomic mass is 16.4. The van der Waals surface area contributed by atoms with E-state index in [1.54, 1.807) is 0 Å². The minimum atomic E-state index is -0.872. The molecule has 2 atom stereocenters. The summed E-state index contributed by atoms with van der Waals surface area (Å²) in [6.45, 7) is 11.9. The highest BCUT2D eigenvalue weighted by Crippen LogP contribution is 1.98. The van der Waals surface area contributed by atoms with Crippen LogP contribution in [0.2, 0.25) is 0 Å². The fraction of sp³-hybridized carbons (Fsp3) is 0.909. The molecule has 11 nitrogen and oxygen atoms in total. The van der Waals surface area contributed by atoms with E-state index in [1.807, 2.05) is 0 Å². The van der Waals surface area contributed by atoms with E-state index in [-0.39, 0.29) is 30.3 Å². The monoisotopic (exact) mass is 472 g/mol. The number of aliphatic carboxylic acids is 1. The number of carboxylic acids is 1. The number of carboxylic acid groups (broad SMARTS) is 1. The standard InChI is InChI=1S/C22H48N8O3/c1-2-24-8-4-10-27-16-22(23)17-28-11-5-9-25-14-19(15-26-12-13-29-18-22)30-20(31)6-3-7-21(32)33/h19,24-29H,2-18,23H2,1H3,(H,30,31)(H,32,33)/t19?,22-/m1/s1.